The number of methoxy groups -OCH3 is 1. The van der Waals surface area contributed by atoms with Crippen LogP contribution in [0.4, 0.5) is 5.69 Å². The number of aryl methyl sites for hydroxylation is 1. The Kier molecular flexibility index (Phi) is 6.09. The second-order valence-electron chi connectivity index (χ2n) is 7.94. The van der Waals surface area contributed by atoms with Crippen LogP contribution in [-0.4, -0.2) is 57.9 Å². The molecule has 0 unspecified atom stereocenters. The second kappa shape index (κ2) is 9.02. The first-order chi connectivity index (χ1) is 15.9. The molecule has 33 heavy (non-hydrogen) atoms. The molecule has 2 aromatic carbocycles. The van der Waals surface area contributed by atoms with Crippen LogP contribution in [0.1, 0.15) is 22.3 Å². The van der Waals surface area contributed by atoms with Gasteiger partial charge in [-0.3, -0.25) is 4.90 Å². The number of aromatic hydroxyl groups is 1. The van der Waals surface area contributed by atoms with Gasteiger partial charge in [0.05, 0.1) is 28.1 Å². The molecule has 4 aromatic rings. The Morgan fingerprint density at radius 2 is 1.76 bits per heavy atom. The summed E-state index contributed by atoms with van der Waals surface area (Å²) in [7, 11) is 1.67. The molecule has 0 spiro atoms. The van der Waals surface area contributed by atoms with Crippen molar-refractivity contribution in [2.75, 3.05) is 38.2 Å². The quantitative estimate of drug-likeness (QED) is 0.411. The highest BCUT2D eigenvalue weighted by atomic mass is 35.5. The van der Waals surface area contributed by atoms with Gasteiger partial charge in [0.15, 0.2) is 0 Å². The predicted molar refractivity (Wildman–Crippen MR) is 132 cm³/mol. The van der Waals surface area contributed by atoms with Gasteiger partial charge >= 0.3 is 0 Å². The van der Waals surface area contributed by atoms with Gasteiger partial charge in [0.2, 0.25) is 10.8 Å². The van der Waals surface area contributed by atoms with Gasteiger partial charge in [-0.05, 0) is 48.9 Å². The number of halogens is 2. The van der Waals surface area contributed by atoms with Crippen molar-refractivity contribution < 1.29 is 9.84 Å². The number of piperazine rings is 1. The first-order valence-electron chi connectivity index (χ1n) is 10.6. The summed E-state index contributed by atoms with van der Waals surface area (Å²) >= 11 is 14.0. The van der Waals surface area contributed by atoms with Gasteiger partial charge < -0.3 is 14.7 Å². The summed E-state index contributed by atoms with van der Waals surface area (Å²) in [5.41, 5.74) is 2.14. The number of anilines is 1. The van der Waals surface area contributed by atoms with Crippen LogP contribution in [-0.2, 0) is 0 Å². The maximum atomic E-state index is 11.0. The summed E-state index contributed by atoms with van der Waals surface area (Å²) in [6, 6.07) is 13.6. The monoisotopic (exact) mass is 503 g/mol. The average Bonchev–Trinajstić information content (AvgIpc) is 3.34. The minimum atomic E-state index is -0.188. The number of aromatic nitrogens is 3. The van der Waals surface area contributed by atoms with Gasteiger partial charge in [-0.2, -0.15) is 4.52 Å². The van der Waals surface area contributed by atoms with E-state index in [-0.39, 0.29) is 11.9 Å². The SMILES string of the molecule is COc1ccc(N2CCN([C@@H](c3ccc(Cl)c(Cl)c3)c3sc4nc(C)nn4c3O)CC2)cc1. The topological polar surface area (TPSA) is 66.1 Å². The van der Waals surface area contributed by atoms with Gasteiger partial charge in [0.1, 0.15) is 11.6 Å². The van der Waals surface area contributed by atoms with Gasteiger partial charge in [0, 0.05) is 31.9 Å². The summed E-state index contributed by atoms with van der Waals surface area (Å²) in [5.74, 6) is 1.59. The van der Waals surface area contributed by atoms with Gasteiger partial charge in [-0.1, -0.05) is 40.6 Å². The Labute approximate surface area is 205 Å². The van der Waals surface area contributed by atoms with E-state index in [9.17, 15) is 5.11 Å². The highest BCUT2D eigenvalue weighted by molar-refractivity contribution is 7.17. The van der Waals surface area contributed by atoms with E-state index in [4.69, 9.17) is 27.9 Å². The van der Waals surface area contributed by atoms with Crippen LogP contribution in [0.25, 0.3) is 4.96 Å². The molecule has 0 aliphatic carbocycles. The van der Waals surface area contributed by atoms with Crippen molar-refractivity contribution in [2.24, 2.45) is 0 Å². The molecular formula is C23H23Cl2N5O2S. The highest BCUT2D eigenvalue weighted by Gasteiger charge is 2.32. The smallest absolute Gasteiger partial charge is 0.230 e. The molecule has 172 valence electrons. The number of ether oxygens (including phenoxy) is 1. The predicted octanol–water partition coefficient (Wildman–Crippen LogP) is 5.03. The lowest BCUT2D eigenvalue weighted by Gasteiger charge is -2.40. The maximum Gasteiger partial charge on any atom is 0.230 e. The number of nitrogens with zero attached hydrogens (tertiary/aromatic N) is 5. The van der Waals surface area contributed by atoms with Gasteiger partial charge in [-0.25, -0.2) is 4.98 Å². The number of rotatable bonds is 5. The van der Waals surface area contributed by atoms with Crippen molar-refractivity contribution >= 4 is 45.2 Å². The molecule has 1 aliphatic rings. The number of thiazole rings is 1. The van der Waals surface area contributed by atoms with Crippen molar-refractivity contribution in [1.82, 2.24) is 19.5 Å². The van der Waals surface area contributed by atoms with E-state index in [1.165, 1.54) is 21.5 Å². The van der Waals surface area contributed by atoms with Crippen LogP contribution in [0.5, 0.6) is 11.6 Å². The summed E-state index contributed by atoms with van der Waals surface area (Å²) in [4.78, 5) is 10.6. The summed E-state index contributed by atoms with van der Waals surface area (Å²) in [5, 5.41) is 16.4. The van der Waals surface area contributed by atoms with Crippen molar-refractivity contribution in [3.8, 4) is 11.6 Å². The molecule has 1 atom stereocenters. The third-order valence-electron chi connectivity index (χ3n) is 5.93. The normalized spacial score (nSPS) is 15.8. The molecule has 0 radical (unpaired) electrons. The molecular weight excluding hydrogens is 481 g/mol. The Balaban J connectivity index is 1.46. The van der Waals surface area contributed by atoms with Gasteiger partial charge in [0.25, 0.3) is 0 Å². The van der Waals surface area contributed by atoms with Crippen LogP contribution >= 0.6 is 34.5 Å². The van der Waals surface area contributed by atoms with E-state index in [1.807, 2.05) is 31.2 Å². The molecule has 3 heterocycles. The third-order valence-corrected chi connectivity index (χ3v) is 7.74. The molecule has 1 N–H and O–H groups in total. The molecule has 0 amide bonds. The summed E-state index contributed by atoms with van der Waals surface area (Å²) in [6.45, 7) is 5.13. The molecule has 2 aromatic heterocycles. The van der Waals surface area contributed by atoms with Crippen molar-refractivity contribution in [1.29, 1.82) is 0 Å². The van der Waals surface area contributed by atoms with Crippen molar-refractivity contribution in [3.05, 3.63) is 68.8 Å². The van der Waals surface area contributed by atoms with E-state index in [1.54, 1.807) is 13.2 Å². The fraction of sp³-hybridized carbons (Fsp3) is 0.304. The van der Waals surface area contributed by atoms with Crippen molar-refractivity contribution in [3.63, 3.8) is 0 Å². The van der Waals surface area contributed by atoms with Crippen molar-refractivity contribution in [2.45, 2.75) is 13.0 Å². The Bertz CT molecular complexity index is 1280. The summed E-state index contributed by atoms with van der Waals surface area (Å²) in [6.07, 6.45) is 0. The Morgan fingerprint density at radius 3 is 2.39 bits per heavy atom. The Hall–Kier alpha value is -2.52. The first kappa shape index (κ1) is 22.3. The first-order valence-corrected chi connectivity index (χ1v) is 12.1. The number of hydrogen-bond acceptors (Lipinski definition) is 7. The van der Waals surface area contributed by atoms with Crippen LogP contribution in [0.15, 0.2) is 42.5 Å². The Morgan fingerprint density at radius 1 is 1.03 bits per heavy atom. The van der Waals surface area contributed by atoms with Crippen LogP contribution in [0.2, 0.25) is 10.0 Å². The zero-order valence-corrected chi connectivity index (χ0v) is 20.5. The lowest BCUT2D eigenvalue weighted by Crippen LogP contribution is -2.47. The summed E-state index contributed by atoms with van der Waals surface area (Å²) < 4.78 is 6.78. The van der Waals surface area contributed by atoms with E-state index >= 15 is 0 Å². The zero-order valence-electron chi connectivity index (χ0n) is 18.2. The standard InChI is InChI=1S/C23H23Cl2N5O2S/c1-14-26-23-30(27-14)22(31)21(33-23)20(15-3-8-18(24)19(25)13-15)29-11-9-28(10-12-29)16-4-6-17(32-2)7-5-16/h3-8,13,20,31H,9-12H2,1-2H3/t20-/m0/s1. The second-order valence-corrected chi connectivity index (χ2v) is 9.76. The largest absolute Gasteiger partial charge is 0.497 e. The van der Waals surface area contributed by atoms with E-state index in [0.29, 0.717) is 20.8 Å². The molecule has 1 fully saturated rings. The number of benzene rings is 2. The minimum absolute atomic E-state index is 0.115. The maximum absolute atomic E-state index is 11.0. The van der Waals surface area contributed by atoms with Gasteiger partial charge in [-0.15, -0.1) is 5.10 Å². The van der Waals surface area contributed by atoms with Crippen LogP contribution in [0.3, 0.4) is 0 Å². The molecule has 0 bridgehead atoms. The number of hydrogen-bond donors (Lipinski definition) is 1. The fourth-order valence-corrected chi connectivity index (χ4v) is 5.74. The number of fused-ring (bicyclic) bond motifs is 1. The lowest BCUT2D eigenvalue weighted by molar-refractivity contribution is 0.211. The molecule has 0 saturated carbocycles. The molecule has 10 heteroatoms. The van der Waals surface area contributed by atoms with E-state index in [2.05, 4.69) is 32.0 Å². The van der Waals surface area contributed by atoms with Crippen LogP contribution in [0, 0.1) is 6.92 Å². The molecule has 7 nitrogen and oxygen atoms in total. The fourth-order valence-electron chi connectivity index (χ4n) is 4.27. The third kappa shape index (κ3) is 4.24. The lowest BCUT2D eigenvalue weighted by atomic mass is 10.0. The highest BCUT2D eigenvalue weighted by Crippen LogP contribution is 2.41. The van der Waals surface area contributed by atoms with Crippen LogP contribution < -0.4 is 9.64 Å². The molecule has 1 aliphatic heterocycles. The van der Waals surface area contributed by atoms with E-state index < -0.39 is 0 Å². The average molecular weight is 504 g/mol. The molecule has 1 saturated heterocycles. The zero-order chi connectivity index (χ0) is 23.1. The molecule has 5 rings (SSSR count). The minimum Gasteiger partial charge on any atom is -0.497 e. The van der Waals surface area contributed by atoms with E-state index in [0.717, 1.165) is 42.4 Å².